The number of thioether (sulfide) groups is 1. The van der Waals surface area contributed by atoms with Crippen LogP contribution in [0.3, 0.4) is 0 Å². The topological polar surface area (TPSA) is 47.6 Å². The summed E-state index contributed by atoms with van der Waals surface area (Å²) in [6.45, 7) is 2.60. The molecule has 3 aromatic carbocycles. The molecule has 0 aliphatic carbocycles. The molecule has 27 heavy (non-hydrogen) atoms. The number of hydrogen-bond donors (Lipinski definition) is 1. The summed E-state index contributed by atoms with van der Waals surface area (Å²) in [6.07, 6.45) is 0. The number of halogens is 1. The van der Waals surface area contributed by atoms with Crippen molar-refractivity contribution in [3.8, 4) is 5.75 Å². The summed E-state index contributed by atoms with van der Waals surface area (Å²) in [5, 5.41) is 1.25. The van der Waals surface area contributed by atoms with E-state index in [-0.39, 0.29) is 5.25 Å². The summed E-state index contributed by atoms with van der Waals surface area (Å²) < 4.78 is 5.46. The van der Waals surface area contributed by atoms with Gasteiger partial charge in [-0.1, -0.05) is 65.8 Å². The highest BCUT2D eigenvalue weighted by Crippen LogP contribution is 2.36. The van der Waals surface area contributed by atoms with Gasteiger partial charge < -0.3 is 10.5 Å². The van der Waals surface area contributed by atoms with Crippen LogP contribution in [0.5, 0.6) is 5.75 Å². The molecule has 1 atom stereocenters. The number of nitrogens with two attached hydrogens (primary N) is 1. The zero-order valence-electron chi connectivity index (χ0n) is 15.0. The normalized spacial score (nSPS) is 12.6. The number of aliphatic imine (C=N–C) groups is 1. The monoisotopic (exact) mass is 396 g/mol. The summed E-state index contributed by atoms with van der Waals surface area (Å²) in [5.41, 5.74) is 9.35. The van der Waals surface area contributed by atoms with E-state index in [0.29, 0.717) is 16.8 Å². The van der Waals surface area contributed by atoms with Gasteiger partial charge in [0, 0.05) is 5.02 Å². The zero-order valence-corrected chi connectivity index (χ0v) is 16.6. The lowest BCUT2D eigenvalue weighted by Gasteiger charge is -2.17. The van der Waals surface area contributed by atoms with Crippen LogP contribution in [0.2, 0.25) is 5.02 Å². The number of ether oxygens (including phenoxy) is 1. The minimum absolute atomic E-state index is 0.0370. The minimum Gasteiger partial charge on any atom is -0.494 e. The first-order valence-electron chi connectivity index (χ1n) is 8.70. The van der Waals surface area contributed by atoms with Gasteiger partial charge in [0.1, 0.15) is 5.75 Å². The molecule has 0 bridgehead atoms. The van der Waals surface area contributed by atoms with Crippen molar-refractivity contribution in [2.75, 3.05) is 6.61 Å². The molecule has 138 valence electrons. The van der Waals surface area contributed by atoms with E-state index in [4.69, 9.17) is 22.1 Å². The van der Waals surface area contributed by atoms with Gasteiger partial charge in [-0.2, -0.15) is 0 Å². The molecule has 0 aliphatic heterocycles. The standard InChI is InChI=1S/C22H21ClN2OS/c1-2-26-20-14-12-19(13-15-20)25-22(24)27-21(16-6-4-3-5-7-16)17-8-10-18(23)11-9-17/h3-15,21H,2H2,1H3,(H2,24,25)/t21-/m1/s1. The lowest BCUT2D eigenvalue weighted by Crippen LogP contribution is -2.10. The van der Waals surface area contributed by atoms with Crippen LogP contribution in [-0.4, -0.2) is 11.8 Å². The molecular weight excluding hydrogens is 376 g/mol. The molecule has 2 N–H and O–H groups in total. The van der Waals surface area contributed by atoms with Gasteiger partial charge in [-0.15, -0.1) is 0 Å². The molecule has 0 aromatic heterocycles. The number of hydrogen-bond acceptors (Lipinski definition) is 3. The van der Waals surface area contributed by atoms with Gasteiger partial charge in [0.05, 0.1) is 17.5 Å². The summed E-state index contributed by atoms with van der Waals surface area (Å²) >= 11 is 7.56. The highest BCUT2D eigenvalue weighted by molar-refractivity contribution is 8.14. The fraction of sp³-hybridized carbons (Fsp3) is 0.136. The van der Waals surface area contributed by atoms with Gasteiger partial charge in [0.2, 0.25) is 0 Å². The highest BCUT2D eigenvalue weighted by atomic mass is 35.5. The molecule has 0 aliphatic rings. The van der Waals surface area contributed by atoms with Gasteiger partial charge in [-0.25, -0.2) is 4.99 Å². The van der Waals surface area contributed by atoms with E-state index in [9.17, 15) is 0 Å². The maximum absolute atomic E-state index is 6.26. The maximum Gasteiger partial charge on any atom is 0.160 e. The van der Waals surface area contributed by atoms with E-state index >= 15 is 0 Å². The van der Waals surface area contributed by atoms with Crippen LogP contribution < -0.4 is 10.5 Å². The van der Waals surface area contributed by atoms with Crippen molar-refractivity contribution < 1.29 is 4.74 Å². The van der Waals surface area contributed by atoms with Crippen molar-refractivity contribution in [2.24, 2.45) is 10.7 Å². The van der Waals surface area contributed by atoms with Crippen molar-refractivity contribution in [3.63, 3.8) is 0 Å². The van der Waals surface area contributed by atoms with E-state index in [1.165, 1.54) is 11.8 Å². The second-order valence-corrected chi connectivity index (χ2v) is 7.40. The lowest BCUT2D eigenvalue weighted by atomic mass is 10.0. The molecule has 5 heteroatoms. The minimum atomic E-state index is 0.0370. The maximum atomic E-state index is 6.26. The smallest absolute Gasteiger partial charge is 0.160 e. The molecule has 0 saturated carbocycles. The average molecular weight is 397 g/mol. The number of rotatable bonds is 6. The molecule has 3 nitrogen and oxygen atoms in total. The quantitative estimate of drug-likeness (QED) is 0.398. The first-order chi connectivity index (χ1) is 13.2. The van der Waals surface area contributed by atoms with Crippen molar-refractivity contribution in [1.29, 1.82) is 0 Å². The molecule has 0 spiro atoms. The molecule has 0 radical (unpaired) electrons. The summed E-state index contributed by atoms with van der Waals surface area (Å²) in [6, 6.07) is 25.7. The highest BCUT2D eigenvalue weighted by Gasteiger charge is 2.16. The van der Waals surface area contributed by atoms with E-state index in [2.05, 4.69) is 17.1 Å². The Morgan fingerprint density at radius 1 is 0.963 bits per heavy atom. The van der Waals surface area contributed by atoms with Gasteiger partial charge >= 0.3 is 0 Å². The van der Waals surface area contributed by atoms with E-state index in [1.54, 1.807) is 0 Å². The van der Waals surface area contributed by atoms with Crippen LogP contribution >= 0.6 is 23.4 Å². The Morgan fingerprint density at radius 2 is 1.59 bits per heavy atom. The predicted octanol–water partition coefficient (Wildman–Crippen LogP) is 6.21. The molecule has 0 unspecified atom stereocenters. The van der Waals surface area contributed by atoms with Crippen LogP contribution in [0, 0.1) is 0 Å². The second kappa shape index (κ2) is 9.49. The first kappa shape index (κ1) is 19.3. The van der Waals surface area contributed by atoms with Crippen LogP contribution in [0.15, 0.2) is 83.9 Å². The average Bonchev–Trinajstić information content (AvgIpc) is 2.69. The van der Waals surface area contributed by atoms with Crippen LogP contribution in [0.25, 0.3) is 0 Å². The van der Waals surface area contributed by atoms with E-state index < -0.39 is 0 Å². The molecule has 0 heterocycles. The Bertz CT molecular complexity index is 880. The lowest BCUT2D eigenvalue weighted by molar-refractivity contribution is 0.340. The Hall–Kier alpha value is -2.43. The molecule has 0 saturated heterocycles. The van der Waals surface area contributed by atoms with Crippen LogP contribution in [0.1, 0.15) is 23.3 Å². The molecule has 0 amide bonds. The Morgan fingerprint density at radius 3 is 2.22 bits per heavy atom. The van der Waals surface area contributed by atoms with Crippen LogP contribution in [-0.2, 0) is 0 Å². The molecular formula is C22H21ClN2OS. The fourth-order valence-electron chi connectivity index (χ4n) is 2.65. The molecule has 3 rings (SSSR count). The fourth-order valence-corrected chi connectivity index (χ4v) is 3.76. The largest absolute Gasteiger partial charge is 0.494 e. The Balaban J connectivity index is 1.83. The molecule has 0 fully saturated rings. The first-order valence-corrected chi connectivity index (χ1v) is 9.95. The second-order valence-electron chi connectivity index (χ2n) is 5.84. The van der Waals surface area contributed by atoms with E-state index in [1.807, 2.05) is 73.7 Å². The number of nitrogens with zero attached hydrogens (tertiary/aromatic N) is 1. The van der Waals surface area contributed by atoms with Gasteiger partial charge in [0.25, 0.3) is 0 Å². The van der Waals surface area contributed by atoms with Crippen molar-refractivity contribution in [2.45, 2.75) is 12.2 Å². The third kappa shape index (κ3) is 5.52. The summed E-state index contributed by atoms with van der Waals surface area (Å²) in [5.74, 6) is 0.825. The van der Waals surface area contributed by atoms with E-state index in [0.717, 1.165) is 22.6 Å². The summed E-state index contributed by atoms with van der Waals surface area (Å²) in [7, 11) is 0. The van der Waals surface area contributed by atoms with Crippen molar-refractivity contribution in [1.82, 2.24) is 0 Å². The third-order valence-corrected chi connectivity index (χ3v) is 5.27. The molecule has 3 aromatic rings. The van der Waals surface area contributed by atoms with Gasteiger partial charge in [-0.3, -0.25) is 0 Å². The van der Waals surface area contributed by atoms with Crippen molar-refractivity contribution >= 4 is 34.2 Å². The van der Waals surface area contributed by atoms with Gasteiger partial charge in [0.15, 0.2) is 5.17 Å². The Labute approximate surface area is 169 Å². The van der Waals surface area contributed by atoms with Crippen LogP contribution in [0.4, 0.5) is 5.69 Å². The van der Waals surface area contributed by atoms with Gasteiger partial charge in [-0.05, 0) is 54.4 Å². The van der Waals surface area contributed by atoms with Crippen molar-refractivity contribution in [3.05, 3.63) is 95.0 Å². The predicted molar refractivity (Wildman–Crippen MR) is 116 cm³/mol. The zero-order chi connectivity index (χ0) is 19.1. The number of benzene rings is 3. The number of amidine groups is 1. The Kier molecular flexibility index (Phi) is 6.80. The third-order valence-electron chi connectivity index (χ3n) is 3.90. The SMILES string of the molecule is CCOc1ccc(N=C(N)S[C@H](c2ccccc2)c2ccc(Cl)cc2)cc1. The summed E-state index contributed by atoms with van der Waals surface area (Å²) in [4.78, 5) is 4.54.